The number of benzene rings is 1. The molecule has 0 saturated carbocycles. The number of amides is 1. The van der Waals surface area contributed by atoms with Gasteiger partial charge in [0.15, 0.2) is 0 Å². The van der Waals surface area contributed by atoms with E-state index in [0.29, 0.717) is 5.88 Å². The Morgan fingerprint density at radius 3 is 2.78 bits per heavy atom. The van der Waals surface area contributed by atoms with Gasteiger partial charge in [-0.25, -0.2) is 0 Å². The molecule has 0 radical (unpaired) electrons. The fourth-order valence-corrected chi connectivity index (χ4v) is 2.55. The first kappa shape index (κ1) is 13.4. The van der Waals surface area contributed by atoms with Crippen LogP contribution < -0.4 is 5.32 Å². The monoisotopic (exact) mass is 265 g/mol. The third-order valence-corrected chi connectivity index (χ3v) is 4.30. The van der Waals surface area contributed by atoms with Crippen LogP contribution in [-0.4, -0.2) is 17.8 Å². The maximum Gasteiger partial charge on any atom is 0.251 e. The molecule has 2 nitrogen and oxygen atoms in total. The first-order valence-electron chi connectivity index (χ1n) is 6.60. The smallest absolute Gasteiger partial charge is 0.251 e. The van der Waals surface area contributed by atoms with Crippen LogP contribution in [0.3, 0.4) is 0 Å². The second kappa shape index (κ2) is 5.75. The summed E-state index contributed by atoms with van der Waals surface area (Å²) in [5.41, 5.74) is 3.50. The van der Waals surface area contributed by atoms with E-state index in [9.17, 15) is 4.79 Å². The minimum atomic E-state index is 0.00849. The first-order chi connectivity index (χ1) is 8.61. The van der Waals surface area contributed by atoms with E-state index in [4.69, 9.17) is 11.6 Å². The molecule has 0 bridgehead atoms. The van der Waals surface area contributed by atoms with Crippen LogP contribution in [-0.2, 0) is 12.8 Å². The summed E-state index contributed by atoms with van der Waals surface area (Å²) in [6.07, 6.45) is 3.46. The summed E-state index contributed by atoms with van der Waals surface area (Å²) in [6, 6.07) is 6.16. The fraction of sp³-hybridized carbons (Fsp3) is 0.533. The molecule has 0 aromatic heterocycles. The molecule has 0 saturated heterocycles. The minimum Gasteiger partial charge on any atom is -0.349 e. The van der Waals surface area contributed by atoms with E-state index in [1.165, 1.54) is 17.5 Å². The van der Waals surface area contributed by atoms with Gasteiger partial charge in [-0.3, -0.25) is 4.79 Å². The Morgan fingerprint density at radius 1 is 1.33 bits per heavy atom. The third-order valence-electron chi connectivity index (χ3n) is 3.82. The first-order valence-corrected chi connectivity index (χ1v) is 7.14. The average molecular weight is 266 g/mol. The van der Waals surface area contributed by atoms with Crippen LogP contribution in [0.5, 0.6) is 0 Å². The van der Waals surface area contributed by atoms with Gasteiger partial charge in [0.2, 0.25) is 0 Å². The molecule has 0 fully saturated rings. The molecule has 18 heavy (non-hydrogen) atoms. The van der Waals surface area contributed by atoms with Crippen molar-refractivity contribution >= 4 is 17.5 Å². The Balaban J connectivity index is 2.05. The number of fused-ring (bicyclic) bond motifs is 1. The number of aryl methyl sites for hydroxylation is 2. The van der Waals surface area contributed by atoms with E-state index >= 15 is 0 Å². The number of carbonyl (C=O) groups excluding carboxylic acids is 1. The summed E-state index contributed by atoms with van der Waals surface area (Å²) in [7, 11) is 0. The summed E-state index contributed by atoms with van der Waals surface area (Å²) in [5, 5.41) is 3.01. The highest BCUT2D eigenvalue weighted by molar-refractivity contribution is 6.18. The van der Waals surface area contributed by atoms with Crippen molar-refractivity contribution < 1.29 is 4.79 Å². The lowest BCUT2D eigenvalue weighted by Gasteiger charge is -2.19. The van der Waals surface area contributed by atoms with Crippen molar-refractivity contribution in [3.63, 3.8) is 0 Å². The van der Waals surface area contributed by atoms with E-state index < -0.39 is 0 Å². The van der Waals surface area contributed by atoms with E-state index in [0.717, 1.165) is 18.4 Å². The molecule has 1 amide bonds. The topological polar surface area (TPSA) is 29.1 Å². The standard InChI is InChI=1S/C15H20ClNO/c1-10(9-16)11(2)17-15(18)14-7-6-12-4-3-5-13(12)8-14/h6-8,10-11H,3-5,9H2,1-2H3,(H,17,18). The fourth-order valence-electron chi connectivity index (χ4n) is 2.28. The molecule has 0 heterocycles. The molecule has 1 N–H and O–H groups in total. The van der Waals surface area contributed by atoms with Crippen molar-refractivity contribution in [2.45, 2.75) is 39.2 Å². The second-order valence-electron chi connectivity index (χ2n) is 5.23. The lowest BCUT2D eigenvalue weighted by molar-refractivity contribution is 0.0931. The molecule has 2 rings (SSSR count). The molecule has 2 unspecified atom stereocenters. The van der Waals surface area contributed by atoms with E-state index in [-0.39, 0.29) is 17.9 Å². The van der Waals surface area contributed by atoms with Crippen LogP contribution in [0.2, 0.25) is 0 Å². The molecule has 0 aliphatic heterocycles. The number of carbonyl (C=O) groups is 1. The van der Waals surface area contributed by atoms with Gasteiger partial charge in [0.1, 0.15) is 0 Å². The highest BCUT2D eigenvalue weighted by Gasteiger charge is 2.17. The molecule has 98 valence electrons. The summed E-state index contributed by atoms with van der Waals surface area (Å²) < 4.78 is 0. The lowest BCUT2D eigenvalue weighted by atomic mass is 10.0. The van der Waals surface area contributed by atoms with E-state index in [2.05, 4.69) is 11.4 Å². The Labute approximate surface area is 114 Å². The Kier molecular flexibility index (Phi) is 4.28. The number of hydrogen-bond donors (Lipinski definition) is 1. The summed E-state index contributed by atoms with van der Waals surface area (Å²) in [5.74, 6) is 0.852. The van der Waals surface area contributed by atoms with Crippen molar-refractivity contribution in [3.05, 3.63) is 34.9 Å². The summed E-state index contributed by atoms with van der Waals surface area (Å²) in [4.78, 5) is 12.1. The molecular weight excluding hydrogens is 246 g/mol. The quantitative estimate of drug-likeness (QED) is 0.833. The largest absolute Gasteiger partial charge is 0.349 e. The predicted molar refractivity (Wildman–Crippen MR) is 75.3 cm³/mol. The van der Waals surface area contributed by atoms with Crippen LogP contribution in [0.25, 0.3) is 0 Å². The van der Waals surface area contributed by atoms with Crippen LogP contribution in [0, 0.1) is 5.92 Å². The van der Waals surface area contributed by atoms with Gasteiger partial charge < -0.3 is 5.32 Å². The molecule has 3 heteroatoms. The normalized spacial score (nSPS) is 17.1. The highest BCUT2D eigenvalue weighted by Crippen LogP contribution is 2.22. The Bertz CT molecular complexity index is 444. The molecule has 1 aromatic carbocycles. The van der Waals surface area contributed by atoms with Crippen molar-refractivity contribution in [1.29, 1.82) is 0 Å². The zero-order chi connectivity index (χ0) is 13.1. The molecule has 2 atom stereocenters. The van der Waals surface area contributed by atoms with Crippen LogP contribution in [0.15, 0.2) is 18.2 Å². The SMILES string of the molecule is CC(CCl)C(C)NC(=O)c1ccc2c(c1)CCC2. The summed E-state index contributed by atoms with van der Waals surface area (Å²) >= 11 is 5.80. The predicted octanol–water partition coefficient (Wildman–Crippen LogP) is 3.17. The maximum absolute atomic E-state index is 12.1. The van der Waals surface area contributed by atoms with Gasteiger partial charge in [-0.15, -0.1) is 11.6 Å². The van der Waals surface area contributed by atoms with Gasteiger partial charge in [0.25, 0.3) is 5.91 Å². The van der Waals surface area contributed by atoms with Crippen molar-refractivity contribution in [2.24, 2.45) is 5.92 Å². The van der Waals surface area contributed by atoms with Gasteiger partial charge in [-0.2, -0.15) is 0 Å². The minimum absolute atomic E-state index is 0.00849. The number of hydrogen-bond acceptors (Lipinski definition) is 1. The van der Waals surface area contributed by atoms with Crippen molar-refractivity contribution in [2.75, 3.05) is 5.88 Å². The maximum atomic E-state index is 12.1. The molecule has 1 aliphatic carbocycles. The van der Waals surface area contributed by atoms with Crippen LogP contribution in [0.1, 0.15) is 41.8 Å². The Morgan fingerprint density at radius 2 is 2.06 bits per heavy atom. The lowest BCUT2D eigenvalue weighted by Crippen LogP contribution is -2.37. The van der Waals surface area contributed by atoms with Crippen LogP contribution in [0.4, 0.5) is 0 Å². The van der Waals surface area contributed by atoms with Crippen molar-refractivity contribution in [1.82, 2.24) is 5.32 Å². The number of halogens is 1. The highest BCUT2D eigenvalue weighted by atomic mass is 35.5. The van der Waals surface area contributed by atoms with E-state index in [1.807, 2.05) is 26.0 Å². The average Bonchev–Trinajstić information content (AvgIpc) is 2.84. The zero-order valence-electron chi connectivity index (χ0n) is 11.0. The molecule has 0 spiro atoms. The van der Waals surface area contributed by atoms with Gasteiger partial charge in [-0.05, 0) is 55.4 Å². The van der Waals surface area contributed by atoms with Gasteiger partial charge >= 0.3 is 0 Å². The zero-order valence-corrected chi connectivity index (χ0v) is 11.8. The number of alkyl halides is 1. The van der Waals surface area contributed by atoms with Crippen molar-refractivity contribution in [3.8, 4) is 0 Å². The third kappa shape index (κ3) is 2.86. The van der Waals surface area contributed by atoms with Gasteiger partial charge in [-0.1, -0.05) is 13.0 Å². The molecule has 1 aliphatic rings. The summed E-state index contributed by atoms with van der Waals surface area (Å²) in [6.45, 7) is 4.04. The van der Waals surface area contributed by atoms with Crippen LogP contribution >= 0.6 is 11.6 Å². The molecular formula is C15H20ClNO. The van der Waals surface area contributed by atoms with Gasteiger partial charge in [0, 0.05) is 17.5 Å². The van der Waals surface area contributed by atoms with Gasteiger partial charge in [0.05, 0.1) is 0 Å². The Hall–Kier alpha value is -1.02. The number of rotatable bonds is 4. The molecule has 1 aromatic rings. The van der Waals surface area contributed by atoms with E-state index in [1.54, 1.807) is 0 Å². The second-order valence-corrected chi connectivity index (χ2v) is 5.54. The number of nitrogens with one attached hydrogen (secondary N) is 1.